The zero-order valence-corrected chi connectivity index (χ0v) is 12.2. The van der Waals surface area contributed by atoms with Gasteiger partial charge in [0.05, 0.1) is 5.41 Å². The van der Waals surface area contributed by atoms with E-state index in [0.717, 1.165) is 5.56 Å². The maximum absolute atomic E-state index is 13.6. The quantitative estimate of drug-likeness (QED) is 0.923. The Balaban J connectivity index is 1.72. The van der Waals surface area contributed by atoms with Crippen LogP contribution in [0.3, 0.4) is 0 Å². The van der Waals surface area contributed by atoms with Crippen molar-refractivity contribution in [2.24, 2.45) is 5.41 Å². The van der Waals surface area contributed by atoms with Crippen LogP contribution in [0.15, 0.2) is 41.2 Å². The highest BCUT2D eigenvalue weighted by Gasteiger charge is 2.42. The molecular weight excluding hydrogens is 293 g/mol. The molecule has 1 saturated heterocycles. The molecule has 2 heterocycles. The Hall–Kier alpha value is -1.72. The van der Waals surface area contributed by atoms with Crippen molar-refractivity contribution in [3.8, 4) is 0 Å². The highest BCUT2D eigenvalue weighted by atomic mass is 35.5. The summed E-state index contributed by atoms with van der Waals surface area (Å²) in [6.07, 6.45) is 0.857. The highest BCUT2D eigenvalue weighted by molar-refractivity contribution is 6.31. The topological polar surface area (TPSA) is 51.0 Å². The molecule has 0 amide bonds. The van der Waals surface area contributed by atoms with E-state index in [-0.39, 0.29) is 5.83 Å². The molecule has 1 fully saturated rings. The molecule has 0 atom stereocenters. The molecule has 0 aliphatic carbocycles. The molecule has 1 aromatic carbocycles. The summed E-state index contributed by atoms with van der Waals surface area (Å²) in [5, 5.41) is 7.65. The van der Waals surface area contributed by atoms with Crippen molar-refractivity contribution in [3.05, 3.63) is 59.0 Å². The van der Waals surface area contributed by atoms with E-state index in [4.69, 9.17) is 16.1 Å². The number of halogens is 2. The van der Waals surface area contributed by atoms with E-state index in [0.29, 0.717) is 42.7 Å². The van der Waals surface area contributed by atoms with Crippen LogP contribution in [-0.2, 0) is 12.8 Å². The van der Waals surface area contributed by atoms with Crippen molar-refractivity contribution in [1.29, 1.82) is 0 Å². The highest BCUT2D eigenvalue weighted by Crippen LogP contribution is 2.35. The monoisotopic (exact) mass is 307 g/mol. The zero-order chi connectivity index (χ0) is 14.9. The van der Waals surface area contributed by atoms with E-state index in [9.17, 15) is 4.39 Å². The second-order valence-corrected chi connectivity index (χ2v) is 5.75. The van der Waals surface area contributed by atoms with Crippen LogP contribution in [0.25, 0.3) is 0 Å². The first-order valence-corrected chi connectivity index (χ1v) is 7.07. The van der Waals surface area contributed by atoms with E-state index >= 15 is 0 Å². The second kappa shape index (κ2) is 5.58. The first kappa shape index (κ1) is 14.2. The van der Waals surface area contributed by atoms with Crippen molar-refractivity contribution in [1.82, 2.24) is 15.5 Å². The summed E-state index contributed by atoms with van der Waals surface area (Å²) < 4.78 is 18.8. The summed E-state index contributed by atoms with van der Waals surface area (Å²) in [4.78, 5) is 4.32. The summed E-state index contributed by atoms with van der Waals surface area (Å²) in [6, 6.07) is 7.51. The molecule has 0 spiro atoms. The Bertz CT molecular complexity index is 666. The van der Waals surface area contributed by atoms with E-state index in [2.05, 4.69) is 22.0 Å². The van der Waals surface area contributed by atoms with E-state index in [1.807, 2.05) is 24.3 Å². The molecule has 0 saturated carbocycles. The Morgan fingerprint density at radius 2 is 2.19 bits per heavy atom. The van der Waals surface area contributed by atoms with E-state index < -0.39 is 5.41 Å². The molecule has 0 bridgehead atoms. The maximum atomic E-state index is 13.6. The average Bonchev–Trinajstić information content (AvgIpc) is 2.83. The van der Waals surface area contributed by atoms with Crippen LogP contribution < -0.4 is 5.32 Å². The van der Waals surface area contributed by atoms with Crippen LogP contribution in [-0.4, -0.2) is 23.2 Å². The minimum Gasteiger partial charge on any atom is -0.339 e. The average molecular weight is 308 g/mol. The molecule has 1 aliphatic rings. The molecule has 4 nitrogen and oxygen atoms in total. The maximum Gasteiger partial charge on any atom is 0.227 e. The molecular formula is C15H15ClFN3O. The summed E-state index contributed by atoms with van der Waals surface area (Å²) >= 11 is 6.10. The number of benzene rings is 1. The van der Waals surface area contributed by atoms with Gasteiger partial charge >= 0.3 is 0 Å². The van der Waals surface area contributed by atoms with Crippen LogP contribution in [0.2, 0.25) is 5.02 Å². The van der Waals surface area contributed by atoms with Crippen molar-refractivity contribution in [2.75, 3.05) is 13.1 Å². The Labute approximate surface area is 127 Å². The third-order valence-corrected chi connectivity index (χ3v) is 4.18. The van der Waals surface area contributed by atoms with E-state index in [1.54, 1.807) is 0 Å². The zero-order valence-electron chi connectivity index (χ0n) is 11.4. The normalized spacial score (nSPS) is 16.5. The van der Waals surface area contributed by atoms with Crippen molar-refractivity contribution in [2.45, 2.75) is 12.8 Å². The van der Waals surface area contributed by atoms with Gasteiger partial charge in [0.1, 0.15) is 5.83 Å². The van der Waals surface area contributed by atoms with Gasteiger partial charge in [0.15, 0.2) is 5.82 Å². The molecule has 110 valence electrons. The smallest absolute Gasteiger partial charge is 0.227 e. The van der Waals surface area contributed by atoms with Gasteiger partial charge in [-0.2, -0.15) is 4.98 Å². The number of aromatic nitrogens is 2. The van der Waals surface area contributed by atoms with Gasteiger partial charge in [-0.3, -0.25) is 0 Å². The minimum absolute atomic E-state index is 0.341. The molecule has 0 radical (unpaired) electrons. The molecule has 1 aromatic heterocycles. The van der Waals surface area contributed by atoms with Gasteiger partial charge in [-0.1, -0.05) is 41.5 Å². The van der Waals surface area contributed by atoms with Gasteiger partial charge in [-0.25, -0.2) is 4.39 Å². The number of hydrogen-bond acceptors (Lipinski definition) is 4. The van der Waals surface area contributed by atoms with Crippen LogP contribution in [0.5, 0.6) is 0 Å². The molecule has 3 rings (SSSR count). The molecule has 21 heavy (non-hydrogen) atoms. The van der Waals surface area contributed by atoms with Gasteiger partial charge in [0, 0.05) is 31.0 Å². The largest absolute Gasteiger partial charge is 0.339 e. The lowest BCUT2D eigenvalue weighted by atomic mass is 9.78. The van der Waals surface area contributed by atoms with E-state index in [1.165, 1.54) is 0 Å². The summed E-state index contributed by atoms with van der Waals surface area (Å²) in [5.74, 6) is 0.634. The number of nitrogens with one attached hydrogen (secondary N) is 1. The Morgan fingerprint density at radius 3 is 2.81 bits per heavy atom. The Kier molecular flexibility index (Phi) is 3.78. The fourth-order valence-electron chi connectivity index (χ4n) is 2.37. The second-order valence-electron chi connectivity index (χ2n) is 5.34. The SMILES string of the molecule is C=C(F)C1(Cc2nc(Cc3ccccc3Cl)no2)CNC1. The van der Waals surface area contributed by atoms with Gasteiger partial charge in [-0.05, 0) is 11.6 Å². The van der Waals surface area contributed by atoms with Crippen molar-refractivity contribution in [3.63, 3.8) is 0 Å². The first-order chi connectivity index (χ1) is 10.1. The van der Waals surface area contributed by atoms with Gasteiger partial charge in [0.25, 0.3) is 0 Å². The fourth-order valence-corrected chi connectivity index (χ4v) is 2.58. The van der Waals surface area contributed by atoms with Gasteiger partial charge in [-0.15, -0.1) is 0 Å². The van der Waals surface area contributed by atoms with Crippen molar-refractivity contribution >= 4 is 11.6 Å². The summed E-state index contributed by atoms with van der Waals surface area (Å²) in [5.41, 5.74) is 0.329. The molecule has 2 aromatic rings. The minimum atomic E-state index is -0.603. The number of rotatable bonds is 5. The predicted molar refractivity (Wildman–Crippen MR) is 77.8 cm³/mol. The molecule has 6 heteroatoms. The van der Waals surface area contributed by atoms with Gasteiger partial charge in [0.2, 0.25) is 5.89 Å². The predicted octanol–water partition coefficient (Wildman–Crippen LogP) is 2.93. The molecule has 1 N–H and O–H groups in total. The first-order valence-electron chi connectivity index (χ1n) is 6.69. The van der Waals surface area contributed by atoms with Crippen LogP contribution >= 0.6 is 11.6 Å². The molecule has 0 unspecified atom stereocenters. The fraction of sp³-hybridized carbons (Fsp3) is 0.333. The van der Waals surface area contributed by atoms with Crippen LogP contribution in [0, 0.1) is 5.41 Å². The lowest BCUT2D eigenvalue weighted by Crippen LogP contribution is -2.55. The van der Waals surface area contributed by atoms with Crippen LogP contribution in [0.1, 0.15) is 17.3 Å². The molecule has 1 aliphatic heterocycles. The summed E-state index contributed by atoms with van der Waals surface area (Å²) in [7, 11) is 0. The standard InChI is InChI=1S/C15H15ClFN3O/c1-10(17)15(8-18-9-15)7-14-19-13(20-21-14)6-11-4-2-3-5-12(11)16/h2-5,18H,1,6-9H2. The number of nitrogens with zero attached hydrogens (tertiary/aromatic N) is 2. The number of hydrogen-bond donors (Lipinski definition) is 1. The Morgan fingerprint density at radius 1 is 1.43 bits per heavy atom. The lowest BCUT2D eigenvalue weighted by molar-refractivity contribution is 0.162. The van der Waals surface area contributed by atoms with Crippen LogP contribution in [0.4, 0.5) is 4.39 Å². The lowest BCUT2D eigenvalue weighted by Gasteiger charge is -2.40. The third kappa shape index (κ3) is 2.84. The third-order valence-electron chi connectivity index (χ3n) is 3.81. The summed E-state index contributed by atoms with van der Waals surface area (Å²) in [6.45, 7) is 4.51. The van der Waals surface area contributed by atoms with Crippen molar-refractivity contribution < 1.29 is 8.91 Å². The van der Waals surface area contributed by atoms with Gasteiger partial charge < -0.3 is 9.84 Å².